The molecule has 23 heavy (non-hydrogen) atoms. The van der Waals surface area contributed by atoms with Crippen LogP contribution < -0.4 is 10.6 Å². The maximum Gasteiger partial charge on any atom is 0.239 e. The van der Waals surface area contributed by atoms with Gasteiger partial charge in [-0.1, -0.05) is 0 Å². The highest BCUT2D eigenvalue weighted by atomic mass is 19.2. The van der Waals surface area contributed by atoms with Crippen LogP contribution in [-0.2, 0) is 9.59 Å². The molecular weight excluding hydrogens is 304 g/mol. The van der Waals surface area contributed by atoms with Crippen LogP contribution in [0.5, 0.6) is 0 Å². The molecule has 0 aliphatic carbocycles. The fraction of sp³-hybridized carbons (Fsp3) is 0.500. The van der Waals surface area contributed by atoms with Gasteiger partial charge in [0.15, 0.2) is 11.6 Å². The fourth-order valence-electron chi connectivity index (χ4n) is 3.39. The Morgan fingerprint density at radius 1 is 1.22 bits per heavy atom. The van der Waals surface area contributed by atoms with Crippen molar-refractivity contribution >= 4 is 17.5 Å². The summed E-state index contributed by atoms with van der Waals surface area (Å²) in [5.41, 5.74) is 5.96. The molecule has 2 aliphatic heterocycles. The summed E-state index contributed by atoms with van der Waals surface area (Å²) in [6.07, 6.45) is 2.13. The van der Waals surface area contributed by atoms with Gasteiger partial charge in [-0.3, -0.25) is 9.59 Å². The molecule has 0 aromatic heterocycles. The Labute approximate surface area is 133 Å². The number of carbonyl (C=O) groups excluding carboxylic acids is 2. The SMILES string of the molecule is NC[C@@H]1CCCN1C(=O)[C@@H]1CCN(c2ccc(F)c(F)c2)C1=O. The first-order chi connectivity index (χ1) is 11.0. The minimum absolute atomic E-state index is 0.00684. The van der Waals surface area contributed by atoms with E-state index in [9.17, 15) is 18.4 Å². The predicted molar refractivity (Wildman–Crippen MR) is 80.6 cm³/mol. The molecule has 7 heteroatoms. The van der Waals surface area contributed by atoms with E-state index < -0.39 is 17.6 Å². The lowest BCUT2D eigenvalue weighted by Crippen LogP contribution is -2.45. The monoisotopic (exact) mass is 323 g/mol. The Bertz CT molecular complexity index is 638. The maximum atomic E-state index is 13.4. The molecule has 0 radical (unpaired) electrons. The van der Waals surface area contributed by atoms with Gasteiger partial charge in [-0.05, 0) is 31.4 Å². The topological polar surface area (TPSA) is 66.6 Å². The number of nitrogens with zero attached hydrogens (tertiary/aromatic N) is 2. The average Bonchev–Trinajstić information content (AvgIpc) is 3.16. The summed E-state index contributed by atoms with van der Waals surface area (Å²) in [6.45, 7) is 1.33. The Hall–Kier alpha value is -2.02. The highest BCUT2D eigenvalue weighted by Gasteiger charge is 2.42. The van der Waals surface area contributed by atoms with Crippen molar-refractivity contribution in [3.63, 3.8) is 0 Å². The van der Waals surface area contributed by atoms with Gasteiger partial charge in [-0.2, -0.15) is 0 Å². The molecule has 2 N–H and O–H groups in total. The van der Waals surface area contributed by atoms with Gasteiger partial charge in [0.1, 0.15) is 5.92 Å². The molecule has 0 unspecified atom stereocenters. The van der Waals surface area contributed by atoms with E-state index in [1.807, 2.05) is 0 Å². The predicted octanol–water partition coefficient (Wildman–Crippen LogP) is 1.27. The number of benzene rings is 1. The number of anilines is 1. The first-order valence-corrected chi connectivity index (χ1v) is 7.80. The number of carbonyl (C=O) groups is 2. The minimum atomic E-state index is -1.01. The maximum absolute atomic E-state index is 13.4. The molecule has 2 aliphatic rings. The van der Waals surface area contributed by atoms with Crippen LogP contribution in [0.3, 0.4) is 0 Å². The van der Waals surface area contributed by atoms with Crippen molar-refractivity contribution in [2.24, 2.45) is 11.7 Å². The summed E-state index contributed by atoms with van der Waals surface area (Å²) >= 11 is 0. The smallest absolute Gasteiger partial charge is 0.239 e. The lowest BCUT2D eigenvalue weighted by molar-refractivity contribution is -0.140. The van der Waals surface area contributed by atoms with E-state index in [-0.39, 0.29) is 23.5 Å². The van der Waals surface area contributed by atoms with Gasteiger partial charge in [0, 0.05) is 37.4 Å². The van der Waals surface area contributed by atoms with Crippen molar-refractivity contribution in [1.29, 1.82) is 0 Å². The highest BCUT2D eigenvalue weighted by molar-refractivity contribution is 6.09. The molecule has 2 heterocycles. The van der Waals surface area contributed by atoms with E-state index in [1.54, 1.807) is 4.90 Å². The Balaban J connectivity index is 1.76. The van der Waals surface area contributed by atoms with E-state index in [0.717, 1.165) is 25.0 Å². The van der Waals surface area contributed by atoms with Crippen molar-refractivity contribution in [3.05, 3.63) is 29.8 Å². The fourth-order valence-corrected chi connectivity index (χ4v) is 3.39. The second-order valence-electron chi connectivity index (χ2n) is 5.99. The second kappa shape index (κ2) is 6.23. The van der Waals surface area contributed by atoms with Crippen LogP contribution in [0, 0.1) is 17.6 Å². The normalized spacial score (nSPS) is 24.6. The van der Waals surface area contributed by atoms with Crippen LogP contribution in [0.25, 0.3) is 0 Å². The molecule has 0 spiro atoms. The van der Waals surface area contributed by atoms with E-state index in [2.05, 4.69) is 0 Å². The van der Waals surface area contributed by atoms with E-state index in [0.29, 0.717) is 26.1 Å². The molecule has 2 atom stereocenters. The molecule has 124 valence electrons. The number of hydrogen-bond acceptors (Lipinski definition) is 3. The van der Waals surface area contributed by atoms with Crippen molar-refractivity contribution in [2.45, 2.75) is 25.3 Å². The lowest BCUT2D eigenvalue weighted by atomic mass is 10.1. The molecule has 1 aromatic carbocycles. The Morgan fingerprint density at radius 3 is 2.70 bits per heavy atom. The summed E-state index contributed by atoms with van der Waals surface area (Å²) in [7, 11) is 0. The molecule has 0 bridgehead atoms. The van der Waals surface area contributed by atoms with Gasteiger partial charge >= 0.3 is 0 Å². The Kier molecular flexibility index (Phi) is 4.30. The van der Waals surface area contributed by atoms with E-state index in [1.165, 1.54) is 11.0 Å². The number of likely N-dealkylation sites (tertiary alicyclic amines) is 1. The number of amides is 2. The first kappa shape index (κ1) is 15.9. The second-order valence-corrected chi connectivity index (χ2v) is 5.99. The van der Waals surface area contributed by atoms with Crippen LogP contribution in [0.1, 0.15) is 19.3 Å². The van der Waals surface area contributed by atoms with Crippen molar-refractivity contribution < 1.29 is 18.4 Å². The van der Waals surface area contributed by atoms with Gasteiger partial charge in [0.25, 0.3) is 0 Å². The van der Waals surface area contributed by atoms with Crippen molar-refractivity contribution in [2.75, 3.05) is 24.5 Å². The quantitative estimate of drug-likeness (QED) is 0.852. The van der Waals surface area contributed by atoms with Gasteiger partial charge in [-0.25, -0.2) is 8.78 Å². The summed E-state index contributed by atoms with van der Waals surface area (Å²) in [6, 6.07) is 3.31. The van der Waals surface area contributed by atoms with Gasteiger partial charge < -0.3 is 15.5 Å². The first-order valence-electron chi connectivity index (χ1n) is 7.80. The summed E-state index contributed by atoms with van der Waals surface area (Å²) in [5.74, 6) is -3.28. The van der Waals surface area contributed by atoms with Crippen LogP contribution in [0.2, 0.25) is 0 Å². The van der Waals surface area contributed by atoms with E-state index >= 15 is 0 Å². The van der Waals surface area contributed by atoms with Gasteiger partial charge in [0.2, 0.25) is 11.8 Å². The van der Waals surface area contributed by atoms with Crippen molar-refractivity contribution in [1.82, 2.24) is 4.90 Å². The third-order valence-electron chi connectivity index (χ3n) is 4.65. The summed E-state index contributed by atoms with van der Waals surface area (Å²) in [4.78, 5) is 28.2. The zero-order valence-electron chi connectivity index (χ0n) is 12.7. The third-order valence-corrected chi connectivity index (χ3v) is 4.65. The molecule has 3 rings (SSSR count). The highest BCUT2D eigenvalue weighted by Crippen LogP contribution is 2.29. The largest absolute Gasteiger partial charge is 0.338 e. The summed E-state index contributed by atoms with van der Waals surface area (Å²) in [5, 5.41) is 0. The molecule has 5 nitrogen and oxygen atoms in total. The van der Waals surface area contributed by atoms with Gasteiger partial charge in [-0.15, -0.1) is 0 Å². The Morgan fingerprint density at radius 2 is 2.00 bits per heavy atom. The standard InChI is InChI=1S/C16H19F2N3O2/c17-13-4-3-10(8-14(13)18)21-7-5-12(16(21)23)15(22)20-6-1-2-11(20)9-19/h3-4,8,11-12H,1-2,5-7,9,19H2/t11-,12-/m0/s1. The zero-order chi connectivity index (χ0) is 16.6. The molecule has 2 fully saturated rings. The lowest BCUT2D eigenvalue weighted by Gasteiger charge is -2.26. The number of nitrogens with two attached hydrogens (primary N) is 1. The molecule has 2 saturated heterocycles. The van der Waals surface area contributed by atoms with Crippen LogP contribution in [0.4, 0.5) is 14.5 Å². The van der Waals surface area contributed by atoms with E-state index in [4.69, 9.17) is 5.73 Å². The summed E-state index contributed by atoms with van der Waals surface area (Å²) < 4.78 is 26.4. The molecule has 1 aromatic rings. The van der Waals surface area contributed by atoms with Crippen LogP contribution in [-0.4, -0.2) is 42.4 Å². The molecule has 2 amide bonds. The number of hydrogen-bond donors (Lipinski definition) is 1. The minimum Gasteiger partial charge on any atom is -0.338 e. The van der Waals surface area contributed by atoms with Gasteiger partial charge in [0.05, 0.1) is 0 Å². The zero-order valence-corrected chi connectivity index (χ0v) is 12.7. The average molecular weight is 323 g/mol. The molecular formula is C16H19F2N3O2. The number of halogens is 2. The third kappa shape index (κ3) is 2.81. The van der Waals surface area contributed by atoms with Crippen LogP contribution in [0.15, 0.2) is 18.2 Å². The van der Waals surface area contributed by atoms with Crippen molar-refractivity contribution in [3.8, 4) is 0 Å². The number of rotatable bonds is 3. The molecule has 0 saturated carbocycles. The van der Waals surface area contributed by atoms with Crippen LogP contribution >= 0.6 is 0 Å².